The molecule has 21 heavy (non-hydrogen) atoms. The first kappa shape index (κ1) is 16.2. The molecule has 0 saturated heterocycles. The molecule has 1 aromatic carbocycles. The van der Waals surface area contributed by atoms with Crippen molar-refractivity contribution in [2.45, 2.75) is 6.92 Å². The van der Waals surface area contributed by atoms with Gasteiger partial charge in [-0.25, -0.2) is 0 Å². The molecule has 6 heteroatoms. The van der Waals surface area contributed by atoms with Crippen molar-refractivity contribution in [2.24, 2.45) is 5.73 Å². The minimum Gasteiger partial charge on any atom is -0.321 e. The van der Waals surface area contributed by atoms with Gasteiger partial charge in [0.1, 0.15) is 0 Å². The molecule has 108 valence electrons. The summed E-state index contributed by atoms with van der Waals surface area (Å²) in [6.45, 7) is 2.25. The molecule has 0 radical (unpaired) electrons. The number of nitrogens with two attached hydrogens (primary N) is 1. The first-order valence-electron chi connectivity index (χ1n) is 6.07. The number of halogens is 2. The van der Waals surface area contributed by atoms with Gasteiger partial charge in [0.25, 0.3) is 5.91 Å². The summed E-state index contributed by atoms with van der Waals surface area (Å²) in [6.07, 6.45) is 0. The highest BCUT2D eigenvalue weighted by atomic mass is 79.9. The third-order valence-corrected chi connectivity index (χ3v) is 4.99. The molecule has 0 spiro atoms. The lowest BCUT2D eigenvalue weighted by molar-refractivity contribution is 0.102. The second-order valence-corrected chi connectivity index (χ2v) is 8.00. The van der Waals surface area contributed by atoms with E-state index < -0.39 is 0 Å². The Morgan fingerprint density at radius 3 is 2.76 bits per heavy atom. The van der Waals surface area contributed by atoms with Crippen LogP contribution in [-0.2, 0) is 0 Å². The van der Waals surface area contributed by atoms with Gasteiger partial charge in [-0.3, -0.25) is 4.79 Å². The molecular formula is C15H12Br2N2OS. The highest BCUT2D eigenvalue weighted by molar-refractivity contribution is 9.12. The second-order valence-electron chi connectivity index (χ2n) is 4.25. The van der Waals surface area contributed by atoms with Gasteiger partial charge in [-0.1, -0.05) is 17.9 Å². The summed E-state index contributed by atoms with van der Waals surface area (Å²) in [7, 11) is 0. The number of hydrogen-bond acceptors (Lipinski definition) is 3. The van der Waals surface area contributed by atoms with Crippen LogP contribution >= 0.6 is 43.2 Å². The van der Waals surface area contributed by atoms with Crippen LogP contribution in [-0.4, -0.2) is 12.5 Å². The van der Waals surface area contributed by atoms with E-state index in [2.05, 4.69) is 49.0 Å². The summed E-state index contributed by atoms with van der Waals surface area (Å²) < 4.78 is 1.68. The van der Waals surface area contributed by atoms with Crippen LogP contribution in [0, 0.1) is 18.8 Å². The predicted octanol–water partition coefficient (Wildman–Crippen LogP) is 4.14. The molecule has 1 heterocycles. The Balaban J connectivity index is 2.32. The first-order chi connectivity index (χ1) is 10.0. The molecule has 1 aromatic heterocycles. The van der Waals surface area contributed by atoms with Crippen LogP contribution in [0.1, 0.15) is 21.5 Å². The minimum absolute atomic E-state index is 0.176. The number of carbonyl (C=O) groups excluding carboxylic acids is 1. The summed E-state index contributed by atoms with van der Waals surface area (Å²) in [4.78, 5) is 12.4. The number of thiophene rings is 1. The monoisotopic (exact) mass is 426 g/mol. The van der Waals surface area contributed by atoms with E-state index in [0.717, 1.165) is 18.7 Å². The number of rotatable bonds is 2. The zero-order valence-electron chi connectivity index (χ0n) is 11.2. The molecule has 0 aliphatic rings. The Kier molecular flexibility index (Phi) is 5.59. The van der Waals surface area contributed by atoms with Gasteiger partial charge in [0.2, 0.25) is 0 Å². The number of anilines is 1. The van der Waals surface area contributed by atoms with Crippen molar-refractivity contribution in [1.29, 1.82) is 0 Å². The van der Waals surface area contributed by atoms with E-state index in [4.69, 9.17) is 5.73 Å². The zero-order chi connectivity index (χ0) is 15.4. The average molecular weight is 428 g/mol. The third kappa shape index (κ3) is 4.17. The standard InChI is InChI=1S/C15H12Br2N2OS/c1-9-4-5-10(3-2-6-18)12(7-9)19-15(20)11-8-13(16)21-14(11)17/h4-5,7-8H,6,18H2,1H3,(H,19,20). The maximum atomic E-state index is 12.4. The molecule has 3 N–H and O–H groups in total. The molecule has 0 atom stereocenters. The maximum absolute atomic E-state index is 12.4. The topological polar surface area (TPSA) is 55.1 Å². The maximum Gasteiger partial charge on any atom is 0.257 e. The number of carbonyl (C=O) groups is 1. The number of amides is 1. The van der Waals surface area contributed by atoms with Crippen molar-refractivity contribution < 1.29 is 4.79 Å². The van der Waals surface area contributed by atoms with E-state index in [1.54, 1.807) is 6.07 Å². The van der Waals surface area contributed by atoms with E-state index >= 15 is 0 Å². The van der Waals surface area contributed by atoms with Crippen molar-refractivity contribution in [2.75, 3.05) is 11.9 Å². The highest BCUT2D eigenvalue weighted by Crippen LogP contribution is 2.32. The zero-order valence-corrected chi connectivity index (χ0v) is 15.2. The van der Waals surface area contributed by atoms with Crippen LogP contribution in [0.15, 0.2) is 31.8 Å². The molecule has 0 aliphatic heterocycles. The van der Waals surface area contributed by atoms with Crippen molar-refractivity contribution in [3.8, 4) is 11.8 Å². The van der Waals surface area contributed by atoms with Crippen molar-refractivity contribution >= 4 is 54.8 Å². The van der Waals surface area contributed by atoms with Crippen molar-refractivity contribution in [1.82, 2.24) is 0 Å². The number of hydrogen-bond donors (Lipinski definition) is 2. The van der Waals surface area contributed by atoms with Gasteiger partial charge in [0.05, 0.1) is 25.4 Å². The fourth-order valence-electron chi connectivity index (χ4n) is 1.70. The molecular weight excluding hydrogens is 416 g/mol. The summed E-state index contributed by atoms with van der Waals surface area (Å²) in [5, 5.41) is 2.90. The third-order valence-electron chi connectivity index (χ3n) is 2.65. The fraction of sp³-hybridized carbons (Fsp3) is 0.133. The molecule has 0 fully saturated rings. The molecule has 2 aromatic rings. The molecule has 0 bridgehead atoms. The van der Waals surface area contributed by atoms with Crippen LogP contribution in [0.3, 0.4) is 0 Å². The largest absolute Gasteiger partial charge is 0.321 e. The second kappa shape index (κ2) is 7.23. The van der Waals surface area contributed by atoms with Gasteiger partial charge in [-0.05, 0) is 62.5 Å². The Hall–Kier alpha value is -1.13. The Labute approximate surface area is 144 Å². The van der Waals surface area contributed by atoms with E-state index in [-0.39, 0.29) is 12.5 Å². The molecule has 0 saturated carbocycles. The van der Waals surface area contributed by atoms with Crippen LogP contribution in [0.2, 0.25) is 0 Å². The van der Waals surface area contributed by atoms with Crippen LogP contribution in [0.4, 0.5) is 5.69 Å². The lowest BCUT2D eigenvalue weighted by atomic mass is 10.1. The number of nitrogens with one attached hydrogen (secondary N) is 1. The van der Waals surface area contributed by atoms with Gasteiger partial charge in [0.15, 0.2) is 0 Å². The van der Waals surface area contributed by atoms with E-state index in [9.17, 15) is 4.79 Å². The van der Waals surface area contributed by atoms with Gasteiger partial charge in [-0.2, -0.15) is 0 Å². The number of benzene rings is 1. The fourth-order valence-corrected chi connectivity index (χ4v) is 4.49. The summed E-state index contributed by atoms with van der Waals surface area (Å²) in [6, 6.07) is 7.51. The predicted molar refractivity (Wildman–Crippen MR) is 94.8 cm³/mol. The molecule has 1 amide bonds. The molecule has 3 nitrogen and oxygen atoms in total. The van der Waals surface area contributed by atoms with Gasteiger partial charge < -0.3 is 11.1 Å². The SMILES string of the molecule is Cc1ccc(C#CCN)c(NC(=O)c2cc(Br)sc2Br)c1. The lowest BCUT2D eigenvalue weighted by Gasteiger charge is -2.08. The smallest absolute Gasteiger partial charge is 0.257 e. The quantitative estimate of drug-likeness (QED) is 0.707. The normalized spacial score (nSPS) is 9.90. The van der Waals surface area contributed by atoms with Crippen molar-refractivity contribution in [3.63, 3.8) is 0 Å². The Morgan fingerprint density at radius 1 is 1.38 bits per heavy atom. The Morgan fingerprint density at radius 2 is 2.14 bits per heavy atom. The van der Waals surface area contributed by atoms with Crippen molar-refractivity contribution in [3.05, 3.63) is 48.5 Å². The van der Waals surface area contributed by atoms with Gasteiger partial charge >= 0.3 is 0 Å². The van der Waals surface area contributed by atoms with E-state index in [0.29, 0.717) is 11.3 Å². The summed E-state index contributed by atoms with van der Waals surface area (Å²) in [5.41, 5.74) is 8.48. The average Bonchev–Trinajstić information content (AvgIpc) is 2.77. The van der Waals surface area contributed by atoms with Crippen LogP contribution < -0.4 is 11.1 Å². The first-order valence-corrected chi connectivity index (χ1v) is 8.47. The molecule has 0 aliphatic carbocycles. The molecule has 2 rings (SSSR count). The lowest BCUT2D eigenvalue weighted by Crippen LogP contribution is -2.12. The van der Waals surface area contributed by atoms with Gasteiger partial charge in [0, 0.05) is 5.56 Å². The summed E-state index contributed by atoms with van der Waals surface area (Å²) >= 11 is 8.22. The van der Waals surface area contributed by atoms with Crippen LogP contribution in [0.25, 0.3) is 0 Å². The van der Waals surface area contributed by atoms with E-state index in [1.807, 2.05) is 25.1 Å². The van der Waals surface area contributed by atoms with Gasteiger partial charge in [-0.15, -0.1) is 11.3 Å². The highest BCUT2D eigenvalue weighted by Gasteiger charge is 2.15. The van der Waals surface area contributed by atoms with Crippen LogP contribution in [0.5, 0.6) is 0 Å². The number of aryl methyl sites for hydroxylation is 1. The summed E-state index contributed by atoms with van der Waals surface area (Å²) in [5.74, 6) is 5.60. The molecule has 0 unspecified atom stereocenters. The Bertz CT molecular complexity index is 744. The van der Waals surface area contributed by atoms with E-state index in [1.165, 1.54) is 11.3 Å². The minimum atomic E-state index is -0.176.